The van der Waals surface area contributed by atoms with Gasteiger partial charge in [0.2, 0.25) is 5.01 Å². The molecule has 1 aliphatic heterocycles. The van der Waals surface area contributed by atoms with E-state index in [0.29, 0.717) is 10.4 Å². The van der Waals surface area contributed by atoms with Crippen molar-refractivity contribution in [3.05, 3.63) is 10.0 Å². The fraction of sp³-hybridized carbons (Fsp3) is 0.824. The first-order chi connectivity index (χ1) is 10.8. The standard InChI is InChI=1S/C17H27N3O2S/c1-16(2,3)15-19-18-13(23-15)14(22)20-10-8-17(9-11-20)6-4-12(21)5-7-17/h12,21H,4-11H2,1-3H3. The molecular weight excluding hydrogens is 310 g/mol. The van der Waals surface area contributed by atoms with Gasteiger partial charge in [-0.15, -0.1) is 10.2 Å². The number of amides is 1. The van der Waals surface area contributed by atoms with Gasteiger partial charge in [0.25, 0.3) is 5.91 Å². The van der Waals surface area contributed by atoms with Gasteiger partial charge >= 0.3 is 0 Å². The highest BCUT2D eigenvalue weighted by Crippen LogP contribution is 2.44. The van der Waals surface area contributed by atoms with Crippen LogP contribution in [0.3, 0.4) is 0 Å². The first-order valence-corrected chi connectivity index (χ1v) is 9.42. The molecule has 0 bridgehead atoms. The van der Waals surface area contributed by atoms with Crippen LogP contribution in [-0.4, -0.2) is 45.3 Å². The average Bonchev–Trinajstić information content (AvgIpc) is 3.01. The van der Waals surface area contributed by atoms with Crippen LogP contribution in [0.4, 0.5) is 0 Å². The topological polar surface area (TPSA) is 66.3 Å². The average molecular weight is 337 g/mol. The molecule has 0 unspecified atom stereocenters. The number of rotatable bonds is 1. The SMILES string of the molecule is CC(C)(C)c1nnc(C(=O)N2CCC3(CCC(O)CC3)CC2)s1. The molecule has 0 radical (unpaired) electrons. The molecule has 2 fully saturated rings. The highest BCUT2D eigenvalue weighted by atomic mass is 32.1. The third-order valence-electron chi connectivity index (χ3n) is 5.38. The summed E-state index contributed by atoms with van der Waals surface area (Å²) < 4.78 is 0. The number of aliphatic hydroxyl groups excluding tert-OH is 1. The Morgan fingerprint density at radius 2 is 1.78 bits per heavy atom. The molecule has 1 amide bonds. The second kappa shape index (κ2) is 6.13. The first kappa shape index (κ1) is 16.8. The Morgan fingerprint density at radius 3 is 2.30 bits per heavy atom. The van der Waals surface area contributed by atoms with Gasteiger partial charge in [-0.2, -0.15) is 0 Å². The Labute approximate surface area is 142 Å². The molecule has 128 valence electrons. The largest absolute Gasteiger partial charge is 0.393 e. The quantitative estimate of drug-likeness (QED) is 0.855. The zero-order valence-corrected chi connectivity index (χ0v) is 15.2. The van der Waals surface area contributed by atoms with Crippen molar-refractivity contribution < 1.29 is 9.90 Å². The molecule has 1 spiro atoms. The fourth-order valence-corrected chi connectivity index (χ4v) is 4.52. The zero-order valence-electron chi connectivity index (χ0n) is 14.3. The van der Waals surface area contributed by atoms with Crippen LogP contribution < -0.4 is 0 Å². The van der Waals surface area contributed by atoms with Crippen LogP contribution in [0.5, 0.6) is 0 Å². The Balaban J connectivity index is 1.61. The van der Waals surface area contributed by atoms with Gasteiger partial charge in [-0.3, -0.25) is 4.79 Å². The van der Waals surface area contributed by atoms with Crippen molar-refractivity contribution in [2.24, 2.45) is 5.41 Å². The van der Waals surface area contributed by atoms with Gasteiger partial charge < -0.3 is 10.0 Å². The van der Waals surface area contributed by atoms with Gasteiger partial charge in [0.05, 0.1) is 6.10 Å². The van der Waals surface area contributed by atoms with E-state index in [2.05, 4.69) is 31.0 Å². The van der Waals surface area contributed by atoms with Crippen molar-refractivity contribution in [1.29, 1.82) is 0 Å². The molecule has 2 aliphatic rings. The Kier molecular flexibility index (Phi) is 4.49. The highest BCUT2D eigenvalue weighted by Gasteiger charge is 2.39. The van der Waals surface area contributed by atoms with E-state index in [1.165, 1.54) is 11.3 Å². The number of piperidine rings is 1. The summed E-state index contributed by atoms with van der Waals surface area (Å²) in [6.07, 6.45) is 6.02. The van der Waals surface area contributed by atoms with Gasteiger partial charge in [-0.1, -0.05) is 32.1 Å². The minimum Gasteiger partial charge on any atom is -0.393 e. The number of aliphatic hydroxyl groups is 1. The molecule has 0 atom stereocenters. The maximum Gasteiger partial charge on any atom is 0.284 e. The lowest BCUT2D eigenvalue weighted by Crippen LogP contribution is -2.45. The van der Waals surface area contributed by atoms with Crippen LogP contribution >= 0.6 is 11.3 Å². The van der Waals surface area contributed by atoms with Crippen LogP contribution in [0.15, 0.2) is 0 Å². The van der Waals surface area contributed by atoms with E-state index in [0.717, 1.165) is 56.6 Å². The van der Waals surface area contributed by atoms with Gasteiger partial charge in [0.15, 0.2) is 0 Å². The molecule has 1 N–H and O–H groups in total. The summed E-state index contributed by atoms with van der Waals surface area (Å²) in [4.78, 5) is 14.6. The number of aromatic nitrogens is 2. The van der Waals surface area contributed by atoms with E-state index < -0.39 is 0 Å². The summed E-state index contributed by atoms with van der Waals surface area (Å²) in [5.74, 6) is 0.0312. The van der Waals surface area contributed by atoms with Crippen molar-refractivity contribution in [3.63, 3.8) is 0 Å². The number of hydrogen-bond acceptors (Lipinski definition) is 5. The monoisotopic (exact) mass is 337 g/mol. The van der Waals surface area contributed by atoms with Gasteiger partial charge in [0.1, 0.15) is 5.01 Å². The number of likely N-dealkylation sites (tertiary alicyclic amines) is 1. The van der Waals surface area contributed by atoms with Crippen LogP contribution in [-0.2, 0) is 5.41 Å². The molecule has 1 aromatic rings. The molecule has 0 aromatic carbocycles. The molecule has 2 heterocycles. The van der Waals surface area contributed by atoms with Crippen molar-refractivity contribution in [1.82, 2.24) is 15.1 Å². The van der Waals surface area contributed by atoms with E-state index in [4.69, 9.17) is 0 Å². The first-order valence-electron chi connectivity index (χ1n) is 8.60. The van der Waals surface area contributed by atoms with E-state index in [9.17, 15) is 9.90 Å². The van der Waals surface area contributed by atoms with Crippen LogP contribution in [0, 0.1) is 5.41 Å². The Hall–Kier alpha value is -1.01. The van der Waals surface area contributed by atoms with Gasteiger partial charge in [-0.05, 0) is 43.9 Å². The second-order valence-electron chi connectivity index (χ2n) is 8.19. The summed E-state index contributed by atoms with van der Waals surface area (Å²) in [6, 6.07) is 0. The van der Waals surface area contributed by atoms with E-state index in [1.54, 1.807) is 0 Å². The third kappa shape index (κ3) is 3.58. The summed E-state index contributed by atoms with van der Waals surface area (Å²) in [5.41, 5.74) is 0.290. The molecule has 6 heteroatoms. The van der Waals surface area contributed by atoms with Gasteiger partial charge in [-0.25, -0.2) is 0 Å². The van der Waals surface area contributed by atoms with Gasteiger partial charge in [0, 0.05) is 18.5 Å². The lowest BCUT2D eigenvalue weighted by molar-refractivity contribution is 0.0168. The number of carbonyl (C=O) groups excluding carboxylic acids is 1. The maximum atomic E-state index is 12.7. The number of carbonyl (C=O) groups is 1. The molecule has 1 aliphatic carbocycles. The van der Waals surface area contributed by atoms with E-state index in [-0.39, 0.29) is 17.4 Å². The number of nitrogens with zero attached hydrogens (tertiary/aromatic N) is 3. The molecule has 1 saturated carbocycles. The normalized spacial score (nSPS) is 22.5. The molecule has 1 saturated heterocycles. The lowest BCUT2D eigenvalue weighted by Gasteiger charge is -2.45. The maximum absolute atomic E-state index is 12.7. The lowest BCUT2D eigenvalue weighted by atomic mass is 9.67. The molecule has 23 heavy (non-hydrogen) atoms. The summed E-state index contributed by atoms with van der Waals surface area (Å²) in [5, 5.41) is 19.4. The van der Waals surface area contributed by atoms with Crippen molar-refractivity contribution in [3.8, 4) is 0 Å². The smallest absolute Gasteiger partial charge is 0.284 e. The molecule has 3 rings (SSSR count). The summed E-state index contributed by atoms with van der Waals surface area (Å²) >= 11 is 1.42. The van der Waals surface area contributed by atoms with E-state index in [1.807, 2.05) is 4.90 Å². The Bertz CT molecular complexity index is 561. The molecule has 1 aromatic heterocycles. The predicted molar refractivity (Wildman–Crippen MR) is 90.7 cm³/mol. The minimum atomic E-state index is -0.113. The molecule has 5 nitrogen and oxygen atoms in total. The van der Waals surface area contributed by atoms with Crippen molar-refractivity contribution >= 4 is 17.2 Å². The summed E-state index contributed by atoms with van der Waals surface area (Å²) in [7, 11) is 0. The Morgan fingerprint density at radius 1 is 1.17 bits per heavy atom. The van der Waals surface area contributed by atoms with Crippen LogP contribution in [0.25, 0.3) is 0 Å². The van der Waals surface area contributed by atoms with Crippen LogP contribution in [0.1, 0.15) is 74.1 Å². The molecular formula is C17H27N3O2S. The second-order valence-corrected chi connectivity index (χ2v) is 9.16. The van der Waals surface area contributed by atoms with Crippen molar-refractivity contribution in [2.45, 2.75) is 70.8 Å². The predicted octanol–water partition coefficient (Wildman–Crippen LogP) is 2.99. The minimum absolute atomic E-state index is 0.0312. The third-order valence-corrected chi connectivity index (χ3v) is 6.71. The highest BCUT2D eigenvalue weighted by molar-refractivity contribution is 7.13. The summed E-state index contributed by atoms with van der Waals surface area (Å²) in [6.45, 7) is 7.87. The zero-order chi connectivity index (χ0) is 16.7. The van der Waals surface area contributed by atoms with E-state index >= 15 is 0 Å². The van der Waals surface area contributed by atoms with Crippen LogP contribution in [0.2, 0.25) is 0 Å². The number of hydrogen-bond donors (Lipinski definition) is 1. The fourth-order valence-electron chi connectivity index (χ4n) is 3.65. The van der Waals surface area contributed by atoms with Crippen molar-refractivity contribution in [2.75, 3.05) is 13.1 Å².